The lowest BCUT2D eigenvalue weighted by Crippen LogP contribution is -2.54. The van der Waals surface area contributed by atoms with Crippen molar-refractivity contribution >= 4 is 23.7 Å². The Balaban J connectivity index is 1.49. The maximum absolute atomic E-state index is 13.5. The molecule has 2 aliphatic heterocycles. The fourth-order valence-electron chi connectivity index (χ4n) is 5.32. The number of rotatable bonds is 11. The van der Waals surface area contributed by atoms with E-state index in [9.17, 15) is 29.4 Å². The van der Waals surface area contributed by atoms with Crippen LogP contribution in [0.2, 0.25) is 0 Å². The van der Waals surface area contributed by atoms with Crippen LogP contribution in [0.15, 0.2) is 54.6 Å². The van der Waals surface area contributed by atoms with Crippen LogP contribution in [0.5, 0.6) is 5.75 Å². The Morgan fingerprint density at radius 2 is 1.64 bits per heavy atom. The molecule has 0 aromatic heterocycles. The third kappa shape index (κ3) is 7.79. The van der Waals surface area contributed by atoms with Crippen molar-refractivity contribution in [2.24, 2.45) is 0 Å². The van der Waals surface area contributed by atoms with Crippen molar-refractivity contribution < 1.29 is 29.4 Å². The van der Waals surface area contributed by atoms with Gasteiger partial charge in [0.1, 0.15) is 17.8 Å². The number of carboxylic acids is 1. The lowest BCUT2D eigenvalue weighted by molar-refractivity contribution is -0.149. The molecular formula is C29H36N4O6. The number of aliphatic carboxylic acids is 1. The standard InChI is InChI=1S/C29H36N4O6/c34-22-12-10-20(11-13-22)17-24(28(37)33-15-5-9-25(33)29(38)39)32-26(35)18-21(16-19-6-2-1-3-7-19)31-27(36)23-8-4-14-30-23/h1-3,6-7,10-13,21,23-25,30,34H,4-5,8-9,14-18H2,(H,31,36)(H,32,35)(H,38,39). The van der Waals surface area contributed by atoms with E-state index < -0.39 is 35.9 Å². The van der Waals surface area contributed by atoms with Crippen LogP contribution >= 0.6 is 0 Å². The molecular weight excluding hydrogens is 500 g/mol. The normalized spacial score (nSPS) is 20.3. The average molecular weight is 537 g/mol. The first kappa shape index (κ1) is 28.1. The highest BCUT2D eigenvalue weighted by molar-refractivity contribution is 5.91. The van der Waals surface area contributed by atoms with Crippen molar-refractivity contribution in [1.29, 1.82) is 0 Å². The van der Waals surface area contributed by atoms with E-state index in [0.29, 0.717) is 31.4 Å². The van der Waals surface area contributed by atoms with E-state index in [-0.39, 0.29) is 30.5 Å². The van der Waals surface area contributed by atoms with Crippen molar-refractivity contribution in [3.05, 3.63) is 65.7 Å². The molecule has 0 radical (unpaired) electrons. The number of aromatic hydroxyl groups is 1. The van der Waals surface area contributed by atoms with Gasteiger partial charge in [-0.2, -0.15) is 0 Å². The number of benzene rings is 2. The number of carbonyl (C=O) groups is 4. The Morgan fingerprint density at radius 1 is 0.923 bits per heavy atom. The quantitative estimate of drug-likeness (QED) is 0.291. The van der Waals surface area contributed by atoms with E-state index in [1.54, 1.807) is 12.1 Å². The van der Waals surface area contributed by atoms with Crippen molar-refractivity contribution in [2.45, 2.75) is 69.1 Å². The first-order valence-corrected chi connectivity index (χ1v) is 13.5. The number of hydrogen-bond acceptors (Lipinski definition) is 6. The predicted octanol–water partition coefficient (Wildman–Crippen LogP) is 1.36. The van der Waals surface area contributed by atoms with E-state index in [1.165, 1.54) is 17.0 Å². The molecule has 10 heteroatoms. The van der Waals surface area contributed by atoms with Crippen LogP contribution in [0.25, 0.3) is 0 Å². The molecule has 10 nitrogen and oxygen atoms in total. The van der Waals surface area contributed by atoms with Gasteiger partial charge in [-0.3, -0.25) is 14.4 Å². The molecule has 5 N–H and O–H groups in total. The number of phenols is 1. The third-order valence-corrected chi connectivity index (χ3v) is 7.31. The van der Waals surface area contributed by atoms with Gasteiger partial charge in [0.15, 0.2) is 0 Å². The number of phenolic OH excluding ortho intramolecular Hbond substituents is 1. The van der Waals surface area contributed by atoms with Crippen LogP contribution in [0.3, 0.4) is 0 Å². The van der Waals surface area contributed by atoms with Crippen LogP contribution in [0.4, 0.5) is 0 Å². The summed E-state index contributed by atoms with van der Waals surface area (Å²) in [6, 6.07) is 13.2. The summed E-state index contributed by atoms with van der Waals surface area (Å²) in [5, 5.41) is 28.2. The maximum atomic E-state index is 13.5. The summed E-state index contributed by atoms with van der Waals surface area (Å²) < 4.78 is 0. The summed E-state index contributed by atoms with van der Waals surface area (Å²) in [6.45, 7) is 1.08. The van der Waals surface area contributed by atoms with Crippen LogP contribution < -0.4 is 16.0 Å². The van der Waals surface area contributed by atoms with E-state index in [1.807, 2.05) is 30.3 Å². The molecule has 2 aromatic rings. The fraction of sp³-hybridized carbons (Fsp3) is 0.448. The molecule has 0 bridgehead atoms. The summed E-state index contributed by atoms with van der Waals surface area (Å²) in [6.07, 6.45) is 3.11. The number of amides is 3. The van der Waals surface area contributed by atoms with Gasteiger partial charge >= 0.3 is 5.97 Å². The molecule has 2 fully saturated rings. The Labute approximate surface area is 227 Å². The smallest absolute Gasteiger partial charge is 0.326 e. The highest BCUT2D eigenvalue weighted by atomic mass is 16.4. The average Bonchev–Trinajstić information content (AvgIpc) is 3.63. The number of nitrogens with zero attached hydrogens (tertiary/aromatic N) is 1. The molecule has 0 aliphatic carbocycles. The first-order chi connectivity index (χ1) is 18.8. The minimum absolute atomic E-state index is 0.0466. The van der Waals surface area contributed by atoms with Crippen LogP contribution in [0, 0.1) is 0 Å². The summed E-state index contributed by atoms with van der Waals surface area (Å²) in [4.78, 5) is 52.8. The molecule has 39 heavy (non-hydrogen) atoms. The number of carbonyl (C=O) groups excluding carboxylic acids is 3. The van der Waals surface area contributed by atoms with Gasteiger partial charge in [0.25, 0.3) is 0 Å². The molecule has 3 amide bonds. The number of nitrogens with one attached hydrogen (secondary N) is 3. The fourth-order valence-corrected chi connectivity index (χ4v) is 5.32. The van der Waals surface area contributed by atoms with E-state index in [0.717, 1.165) is 24.9 Å². The monoisotopic (exact) mass is 536 g/mol. The second-order valence-corrected chi connectivity index (χ2v) is 10.3. The number of likely N-dealkylation sites (tertiary alicyclic amines) is 1. The molecule has 4 unspecified atom stereocenters. The van der Waals surface area contributed by atoms with Gasteiger partial charge in [-0.25, -0.2) is 4.79 Å². The topological polar surface area (TPSA) is 148 Å². The van der Waals surface area contributed by atoms with Gasteiger partial charge in [-0.1, -0.05) is 42.5 Å². The third-order valence-electron chi connectivity index (χ3n) is 7.31. The van der Waals surface area contributed by atoms with Gasteiger partial charge in [0.2, 0.25) is 17.7 Å². The molecule has 208 valence electrons. The molecule has 4 rings (SSSR count). The molecule has 2 saturated heterocycles. The van der Waals surface area contributed by atoms with Gasteiger partial charge in [-0.05, 0) is 61.9 Å². The molecule has 2 aromatic carbocycles. The molecule has 0 spiro atoms. The van der Waals surface area contributed by atoms with Crippen molar-refractivity contribution in [2.75, 3.05) is 13.1 Å². The summed E-state index contributed by atoms with van der Waals surface area (Å²) in [5.74, 6) is -2.02. The minimum Gasteiger partial charge on any atom is -0.508 e. The second kappa shape index (κ2) is 13.2. The predicted molar refractivity (Wildman–Crippen MR) is 144 cm³/mol. The van der Waals surface area contributed by atoms with E-state index in [2.05, 4.69) is 16.0 Å². The summed E-state index contributed by atoms with van der Waals surface area (Å²) in [5.41, 5.74) is 1.67. The minimum atomic E-state index is -1.07. The zero-order chi connectivity index (χ0) is 27.8. The van der Waals surface area contributed by atoms with Gasteiger partial charge < -0.3 is 31.1 Å². The van der Waals surface area contributed by atoms with Crippen molar-refractivity contribution in [3.63, 3.8) is 0 Å². The van der Waals surface area contributed by atoms with Gasteiger partial charge in [-0.15, -0.1) is 0 Å². The summed E-state index contributed by atoms with van der Waals surface area (Å²) in [7, 11) is 0. The molecule has 2 heterocycles. The van der Waals surface area contributed by atoms with Crippen LogP contribution in [-0.2, 0) is 32.0 Å². The number of carboxylic acid groups (broad SMARTS) is 1. The Kier molecular flexibility index (Phi) is 9.54. The zero-order valence-corrected chi connectivity index (χ0v) is 21.8. The van der Waals surface area contributed by atoms with Crippen LogP contribution in [-0.4, -0.2) is 76.1 Å². The van der Waals surface area contributed by atoms with Gasteiger partial charge in [0, 0.05) is 25.4 Å². The maximum Gasteiger partial charge on any atom is 0.326 e. The van der Waals surface area contributed by atoms with Crippen molar-refractivity contribution in [3.8, 4) is 5.75 Å². The highest BCUT2D eigenvalue weighted by Gasteiger charge is 2.38. The largest absolute Gasteiger partial charge is 0.508 e. The highest BCUT2D eigenvalue weighted by Crippen LogP contribution is 2.20. The number of hydrogen-bond donors (Lipinski definition) is 5. The van der Waals surface area contributed by atoms with E-state index >= 15 is 0 Å². The van der Waals surface area contributed by atoms with Gasteiger partial charge in [0.05, 0.1) is 6.04 Å². The molecule has 4 atom stereocenters. The lowest BCUT2D eigenvalue weighted by atomic mass is 10.0. The van der Waals surface area contributed by atoms with Crippen molar-refractivity contribution in [1.82, 2.24) is 20.9 Å². The zero-order valence-electron chi connectivity index (χ0n) is 21.8. The first-order valence-electron chi connectivity index (χ1n) is 13.5. The Bertz CT molecular complexity index is 1150. The molecule has 2 aliphatic rings. The Morgan fingerprint density at radius 3 is 2.31 bits per heavy atom. The van der Waals surface area contributed by atoms with E-state index in [4.69, 9.17) is 0 Å². The second-order valence-electron chi connectivity index (χ2n) is 10.3. The summed E-state index contributed by atoms with van der Waals surface area (Å²) >= 11 is 0. The lowest BCUT2D eigenvalue weighted by Gasteiger charge is -2.28. The SMILES string of the molecule is O=C(CC(Cc1ccccc1)NC(=O)C1CCCN1)NC(Cc1ccc(O)cc1)C(=O)N1CCCC1C(=O)O. The molecule has 0 saturated carbocycles. The van der Waals surface area contributed by atoms with Crippen LogP contribution in [0.1, 0.15) is 43.2 Å². The Hall–Kier alpha value is -3.92.